The molecule has 1 atom stereocenters. The van der Waals surface area contributed by atoms with Crippen LogP contribution in [0.3, 0.4) is 0 Å². The number of hydrogen-bond acceptors (Lipinski definition) is 4. The van der Waals surface area contributed by atoms with Crippen molar-refractivity contribution in [3.63, 3.8) is 0 Å². The van der Waals surface area contributed by atoms with Crippen LogP contribution in [0.15, 0.2) is 54.6 Å². The van der Waals surface area contributed by atoms with Gasteiger partial charge in [-0.25, -0.2) is 8.42 Å². The number of methoxy groups -OCH3 is 1. The van der Waals surface area contributed by atoms with Crippen molar-refractivity contribution in [2.45, 2.75) is 32.7 Å². The zero-order chi connectivity index (χ0) is 20.6. The first kappa shape index (κ1) is 22.0. The molecule has 0 aliphatic carbocycles. The highest BCUT2D eigenvalue weighted by molar-refractivity contribution is 7.92. The maximum absolute atomic E-state index is 12.4. The molecule has 2 aromatic carbocycles. The molecule has 28 heavy (non-hydrogen) atoms. The van der Waals surface area contributed by atoms with Crippen molar-refractivity contribution >= 4 is 15.7 Å². The highest BCUT2D eigenvalue weighted by Gasteiger charge is 2.22. The molecule has 6 heteroatoms. The Kier molecular flexibility index (Phi) is 8.05. The standard InChI is InChI=1S/C22H29NO4S/c1-17(2)22(19-11-13-20(27-3)14-12-19)23-21(24)16-28(25,26)15-7-10-18-8-5-4-6-9-18/h4-6,8-9,11-14,17,22H,7,10,15-16H2,1-3H3,(H,23,24). The fourth-order valence-corrected chi connectivity index (χ4v) is 4.29. The predicted octanol–water partition coefficient (Wildman–Crippen LogP) is 3.56. The summed E-state index contributed by atoms with van der Waals surface area (Å²) < 4.78 is 29.8. The largest absolute Gasteiger partial charge is 0.497 e. The molecule has 152 valence electrons. The number of aryl methyl sites for hydroxylation is 1. The van der Waals surface area contributed by atoms with Crippen molar-refractivity contribution < 1.29 is 17.9 Å². The normalized spacial score (nSPS) is 12.6. The molecule has 2 aromatic rings. The van der Waals surface area contributed by atoms with Gasteiger partial charge in [0.25, 0.3) is 0 Å². The summed E-state index contributed by atoms with van der Waals surface area (Å²) in [7, 11) is -1.85. The van der Waals surface area contributed by atoms with E-state index >= 15 is 0 Å². The highest BCUT2D eigenvalue weighted by atomic mass is 32.2. The number of hydrogen-bond donors (Lipinski definition) is 1. The number of carbonyl (C=O) groups is 1. The molecule has 0 saturated carbocycles. The maximum Gasteiger partial charge on any atom is 0.235 e. The quantitative estimate of drug-likeness (QED) is 0.658. The number of amides is 1. The Bertz CT molecular complexity index is 846. The number of ether oxygens (including phenoxy) is 1. The van der Waals surface area contributed by atoms with Crippen molar-refractivity contribution in [2.24, 2.45) is 5.92 Å². The number of sulfone groups is 1. The smallest absolute Gasteiger partial charge is 0.235 e. The Labute approximate surface area is 168 Å². The van der Waals surface area contributed by atoms with Gasteiger partial charge in [-0.1, -0.05) is 56.3 Å². The highest BCUT2D eigenvalue weighted by Crippen LogP contribution is 2.24. The molecule has 0 aliphatic rings. The van der Waals surface area contributed by atoms with Crippen molar-refractivity contribution in [2.75, 3.05) is 18.6 Å². The van der Waals surface area contributed by atoms with Gasteiger partial charge in [0.15, 0.2) is 9.84 Å². The average molecular weight is 404 g/mol. The Morgan fingerprint density at radius 3 is 2.25 bits per heavy atom. The van der Waals surface area contributed by atoms with Crippen LogP contribution in [0, 0.1) is 5.92 Å². The monoisotopic (exact) mass is 403 g/mol. The van der Waals surface area contributed by atoms with Gasteiger partial charge in [0.05, 0.1) is 18.9 Å². The summed E-state index contributed by atoms with van der Waals surface area (Å²) in [5, 5.41) is 2.88. The first-order valence-corrected chi connectivity index (χ1v) is 11.3. The van der Waals surface area contributed by atoms with Crippen LogP contribution >= 0.6 is 0 Å². The fourth-order valence-electron chi connectivity index (χ4n) is 3.07. The second-order valence-electron chi connectivity index (χ2n) is 7.24. The maximum atomic E-state index is 12.4. The lowest BCUT2D eigenvalue weighted by molar-refractivity contribution is -0.119. The van der Waals surface area contributed by atoms with Crippen molar-refractivity contribution in [1.82, 2.24) is 5.32 Å². The molecule has 0 aliphatic heterocycles. The number of carbonyl (C=O) groups excluding carboxylic acids is 1. The first-order valence-electron chi connectivity index (χ1n) is 9.48. The predicted molar refractivity (Wildman–Crippen MR) is 112 cm³/mol. The van der Waals surface area contributed by atoms with E-state index < -0.39 is 21.5 Å². The topological polar surface area (TPSA) is 72.5 Å². The summed E-state index contributed by atoms with van der Waals surface area (Å²) in [5.74, 6) is -0.0864. The van der Waals surface area contributed by atoms with Gasteiger partial charge in [-0.15, -0.1) is 0 Å². The van der Waals surface area contributed by atoms with Gasteiger partial charge in [0, 0.05) is 0 Å². The third-order valence-corrected chi connectivity index (χ3v) is 6.19. The van der Waals surface area contributed by atoms with Crippen LogP contribution in [-0.4, -0.2) is 32.9 Å². The van der Waals surface area contributed by atoms with Crippen LogP contribution in [0.1, 0.15) is 37.4 Å². The summed E-state index contributed by atoms with van der Waals surface area (Å²) in [6.45, 7) is 3.98. The van der Waals surface area contributed by atoms with E-state index in [4.69, 9.17) is 4.74 Å². The molecule has 0 spiro atoms. The second-order valence-corrected chi connectivity index (χ2v) is 9.43. The third kappa shape index (κ3) is 7.00. The van der Waals surface area contributed by atoms with E-state index in [2.05, 4.69) is 5.32 Å². The molecule has 0 radical (unpaired) electrons. The molecule has 0 fully saturated rings. The van der Waals surface area contributed by atoms with Crippen LogP contribution in [0.25, 0.3) is 0 Å². The van der Waals surface area contributed by atoms with E-state index in [9.17, 15) is 13.2 Å². The lowest BCUT2D eigenvalue weighted by Crippen LogP contribution is -2.36. The van der Waals surface area contributed by atoms with Crippen LogP contribution in [0.5, 0.6) is 5.75 Å². The molecular formula is C22H29NO4S. The van der Waals surface area contributed by atoms with Gasteiger partial charge < -0.3 is 10.1 Å². The van der Waals surface area contributed by atoms with Gasteiger partial charge in [0.1, 0.15) is 11.5 Å². The second kappa shape index (κ2) is 10.3. The zero-order valence-corrected chi connectivity index (χ0v) is 17.5. The Hall–Kier alpha value is -2.34. The van der Waals surface area contributed by atoms with Crippen molar-refractivity contribution in [3.8, 4) is 5.75 Å². The summed E-state index contributed by atoms with van der Waals surface area (Å²) in [6.07, 6.45) is 1.19. The molecular weight excluding hydrogens is 374 g/mol. The van der Waals surface area contributed by atoms with Crippen LogP contribution < -0.4 is 10.1 Å². The minimum Gasteiger partial charge on any atom is -0.497 e. The third-order valence-electron chi connectivity index (χ3n) is 4.57. The van der Waals surface area contributed by atoms with Crippen molar-refractivity contribution in [1.29, 1.82) is 0 Å². The van der Waals surface area contributed by atoms with Gasteiger partial charge in [-0.05, 0) is 42.0 Å². The number of rotatable bonds is 10. The Morgan fingerprint density at radius 2 is 1.68 bits per heavy atom. The molecule has 5 nitrogen and oxygen atoms in total. The molecule has 0 heterocycles. The van der Waals surface area contributed by atoms with E-state index in [1.807, 2.05) is 68.4 Å². The van der Waals surface area contributed by atoms with Crippen LogP contribution in [-0.2, 0) is 21.1 Å². The van der Waals surface area contributed by atoms with Gasteiger partial charge >= 0.3 is 0 Å². The Balaban J connectivity index is 1.91. The molecule has 1 N–H and O–H groups in total. The summed E-state index contributed by atoms with van der Waals surface area (Å²) in [5.41, 5.74) is 2.02. The summed E-state index contributed by atoms with van der Waals surface area (Å²) >= 11 is 0. The number of nitrogens with one attached hydrogen (secondary N) is 1. The molecule has 0 bridgehead atoms. The molecule has 1 unspecified atom stereocenters. The molecule has 1 amide bonds. The van der Waals surface area contributed by atoms with Crippen LogP contribution in [0.4, 0.5) is 0 Å². The minimum atomic E-state index is -3.45. The molecule has 2 rings (SSSR count). The van der Waals surface area contributed by atoms with E-state index in [-0.39, 0.29) is 17.7 Å². The van der Waals surface area contributed by atoms with Gasteiger partial charge in [-0.3, -0.25) is 4.79 Å². The Morgan fingerprint density at radius 1 is 1.04 bits per heavy atom. The SMILES string of the molecule is COc1ccc(C(NC(=O)CS(=O)(=O)CCCc2ccccc2)C(C)C)cc1. The summed E-state index contributed by atoms with van der Waals surface area (Å²) in [6, 6.07) is 16.9. The lowest BCUT2D eigenvalue weighted by atomic mass is 9.96. The van der Waals surface area contributed by atoms with E-state index in [0.29, 0.717) is 12.8 Å². The molecule has 0 saturated heterocycles. The zero-order valence-electron chi connectivity index (χ0n) is 16.7. The fraction of sp³-hybridized carbons (Fsp3) is 0.409. The van der Waals surface area contributed by atoms with Gasteiger partial charge in [-0.2, -0.15) is 0 Å². The van der Waals surface area contributed by atoms with Crippen LogP contribution in [0.2, 0.25) is 0 Å². The number of benzene rings is 2. The van der Waals surface area contributed by atoms with E-state index in [1.54, 1.807) is 7.11 Å². The average Bonchev–Trinajstić information content (AvgIpc) is 2.66. The van der Waals surface area contributed by atoms with E-state index in [1.165, 1.54) is 0 Å². The lowest BCUT2D eigenvalue weighted by Gasteiger charge is -2.23. The summed E-state index contributed by atoms with van der Waals surface area (Å²) in [4.78, 5) is 12.4. The molecule has 0 aromatic heterocycles. The van der Waals surface area contributed by atoms with Gasteiger partial charge in [0.2, 0.25) is 5.91 Å². The first-order chi connectivity index (χ1) is 13.3. The van der Waals surface area contributed by atoms with Crippen molar-refractivity contribution in [3.05, 3.63) is 65.7 Å². The minimum absolute atomic E-state index is 0.00416. The van der Waals surface area contributed by atoms with E-state index in [0.717, 1.165) is 16.9 Å².